The molecule has 2 aromatic heterocycles. The summed E-state index contributed by atoms with van der Waals surface area (Å²) in [5.74, 6) is -0.413. The number of aromatic amines is 1. The molecule has 0 bridgehead atoms. The van der Waals surface area contributed by atoms with Gasteiger partial charge in [-0.05, 0) is 55.6 Å². The van der Waals surface area contributed by atoms with Crippen LogP contribution in [0.15, 0.2) is 29.1 Å². The van der Waals surface area contributed by atoms with Crippen molar-refractivity contribution in [1.29, 1.82) is 0 Å². The van der Waals surface area contributed by atoms with Gasteiger partial charge in [-0.25, -0.2) is 9.36 Å². The first-order chi connectivity index (χ1) is 12.1. The molecule has 1 aliphatic carbocycles. The summed E-state index contributed by atoms with van der Waals surface area (Å²) in [7, 11) is 1.36. The fourth-order valence-electron chi connectivity index (χ4n) is 3.37. The van der Waals surface area contributed by atoms with Gasteiger partial charge in [0.1, 0.15) is 5.00 Å². The second-order valence-corrected chi connectivity index (χ2v) is 7.47. The van der Waals surface area contributed by atoms with Crippen LogP contribution in [0.2, 0.25) is 0 Å². The number of para-hydroxylation sites is 1. The Balaban J connectivity index is 2.07. The van der Waals surface area contributed by atoms with Crippen LogP contribution >= 0.6 is 23.6 Å². The maximum absolute atomic E-state index is 13.1. The van der Waals surface area contributed by atoms with E-state index in [1.165, 1.54) is 23.0 Å². The highest BCUT2D eigenvalue weighted by Crippen LogP contribution is 2.37. The summed E-state index contributed by atoms with van der Waals surface area (Å²) in [6.07, 6.45) is 3.87. The number of carbonyl (C=O) groups excluding carboxylic acids is 1. The van der Waals surface area contributed by atoms with Crippen molar-refractivity contribution in [2.45, 2.75) is 25.7 Å². The molecule has 3 aromatic rings. The average molecular weight is 372 g/mol. The van der Waals surface area contributed by atoms with Gasteiger partial charge in [-0.1, -0.05) is 12.1 Å². The van der Waals surface area contributed by atoms with E-state index in [1.807, 2.05) is 18.2 Å². The Morgan fingerprint density at radius 3 is 2.84 bits per heavy atom. The van der Waals surface area contributed by atoms with Crippen LogP contribution in [-0.2, 0) is 17.6 Å². The van der Waals surface area contributed by atoms with E-state index in [2.05, 4.69) is 4.98 Å². The van der Waals surface area contributed by atoms with Gasteiger partial charge in [0.15, 0.2) is 4.77 Å². The number of hydrogen-bond acceptors (Lipinski definition) is 5. The molecule has 0 aliphatic heterocycles. The van der Waals surface area contributed by atoms with Crippen molar-refractivity contribution in [3.05, 3.63) is 55.4 Å². The summed E-state index contributed by atoms with van der Waals surface area (Å²) < 4.78 is 6.72. The van der Waals surface area contributed by atoms with Gasteiger partial charge in [0, 0.05) is 4.88 Å². The van der Waals surface area contributed by atoms with E-state index in [9.17, 15) is 9.59 Å². The van der Waals surface area contributed by atoms with E-state index in [4.69, 9.17) is 17.0 Å². The van der Waals surface area contributed by atoms with Gasteiger partial charge in [0.2, 0.25) is 0 Å². The number of nitrogens with zero attached hydrogens (tertiary/aromatic N) is 1. The maximum atomic E-state index is 13.1. The highest BCUT2D eigenvalue weighted by Gasteiger charge is 2.28. The maximum Gasteiger partial charge on any atom is 0.341 e. The molecule has 1 aliphatic rings. The van der Waals surface area contributed by atoms with Gasteiger partial charge in [-0.3, -0.25) is 4.79 Å². The Kier molecular flexibility index (Phi) is 4.05. The molecular formula is C18H16N2O3S2. The minimum absolute atomic E-state index is 0.219. The van der Waals surface area contributed by atoms with Gasteiger partial charge in [0.25, 0.3) is 5.56 Å². The van der Waals surface area contributed by atoms with E-state index in [-0.39, 0.29) is 10.3 Å². The average Bonchev–Trinajstić information content (AvgIpc) is 3.00. The number of ether oxygens (including phenoxy) is 1. The summed E-state index contributed by atoms with van der Waals surface area (Å²) in [5, 5.41) is 1.11. The number of hydrogen-bond donors (Lipinski definition) is 1. The number of thiophene rings is 1. The third-order valence-corrected chi connectivity index (χ3v) is 6.11. The van der Waals surface area contributed by atoms with Gasteiger partial charge < -0.3 is 9.72 Å². The molecule has 128 valence electrons. The molecule has 0 radical (unpaired) electrons. The summed E-state index contributed by atoms with van der Waals surface area (Å²) in [5.41, 5.74) is 1.96. The Morgan fingerprint density at radius 1 is 1.28 bits per heavy atom. The highest BCUT2D eigenvalue weighted by atomic mass is 32.1. The molecule has 5 nitrogen and oxygen atoms in total. The first-order valence-corrected chi connectivity index (χ1v) is 9.31. The topological polar surface area (TPSA) is 64.1 Å². The van der Waals surface area contributed by atoms with Crippen LogP contribution < -0.4 is 5.56 Å². The largest absolute Gasteiger partial charge is 0.465 e. The smallest absolute Gasteiger partial charge is 0.341 e. The van der Waals surface area contributed by atoms with Crippen molar-refractivity contribution in [3.63, 3.8) is 0 Å². The minimum atomic E-state index is -0.413. The Hall–Kier alpha value is -2.25. The first-order valence-electron chi connectivity index (χ1n) is 8.09. The fraction of sp³-hybridized carbons (Fsp3) is 0.278. The molecule has 25 heavy (non-hydrogen) atoms. The molecule has 0 unspecified atom stereocenters. The molecule has 7 heteroatoms. The van der Waals surface area contributed by atoms with Gasteiger partial charge in [0.05, 0.1) is 23.6 Å². The van der Waals surface area contributed by atoms with Crippen LogP contribution in [0.1, 0.15) is 33.6 Å². The number of methoxy groups -OCH3 is 1. The molecule has 0 fully saturated rings. The second kappa shape index (κ2) is 6.24. The molecule has 0 amide bonds. The lowest BCUT2D eigenvalue weighted by Crippen LogP contribution is -2.22. The van der Waals surface area contributed by atoms with E-state index in [0.29, 0.717) is 21.5 Å². The number of carbonyl (C=O) groups is 1. The Labute approximate surface area is 152 Å². The van der Waals surface area contributed by atoms with Crippen LogP contribution in [0.5, 0.6) is 0 Å². The fourth-order valence-corrected chi connectivity index (χ4v) is 5.09. The molecule has 0 spiro atoms. The van der Waals surface area contributed by atoms with Crippen LogP contribution in [0.4, 0.5) is 0 Å². The number of nitrogens with one attached hydrogen (secondary N) is 1. The number of rotatable bonds is 2. The number of aromatic nitrogens is 2. The van der Waals surface area contributed by atoms with Crippen molar-refractivity contribution in [3.8, 4) is 5.00 Å². The first kappa shape index (κ1) is 16.2. The van der Waals surface area contributed by atoms with Crippen molar-refractivity contribution in [1.82, 2.24) is 9.55 Å². The molecule has 0 saturated carbocycles. The number of fused-ring (bicyclic) bond motifs is 2. The van der Waals surface area contributed by atoms with Gasteiger partial charge >= 0.3 is 5.97 Å². The Morgan fingerprint density at radius 2 is 2.04 bits per heavy atom. The number of esters is 1. The monoisotopic (exact) mass is 372 g/mol. The third-order valence-electron chi connectivity index (χ3n) is 4.55. The minimum Gasteiger partial charge on any atom is -0.465 e. The van der Waals surface area contributed by atoms with Crippen LogP contribution in [0.25, 0.3) is 15.9 Å². The van der Waals surface area contributed by atoms with Gasteiger partial charge in [-0.2, -0.15) is 0 Å². The molecule has 1 aromatic carbocycles. The van der Waals surface area contributed by atoms with Crippen molar-refractivity contribution in [2.75, 3.05) is 7.11 Å². The summed E-state index contributed by atoms with van der Waals surface area (Å²) >= 11 is 6.91. The third kappa shape index (κ3) is 2.54. The quantitative estimate of drug-likeness (QED) is 0.549. The zero-order valence-corrected chi connectivity index (χ0v) is 15.3. The molecule has 0 saturated heterocycles. The summed E-state index contributed by atoms with van der Waals surface area (Å²) in [6, 6.07) is 7.23. The second-order valence-electron chi connectivity index (χ2n) is 6.00. The number of aryl methyl sites for hydroxylation is 1. The lowest BCUT2D eigenvalue weighted by molar-refractivity contribution is 0.0600. The zero-order valence-electron chi connectivity index (χ0n) is 13.6. The highest BCUT2D eigenvalue weighted by molar-refractivity contribution is 7.71. The lowest BCUT2D eigenvalue weighted by atomic mass is 9.95. The van der Waals surface area contributed by atoms with Gasteiger partial charge in [-0.15, -0.1) is 11.3 Å². The number of H-pyrrole nitrogens is 1. The molecule has 4 rings (SSSR count). The molecule has 2 heterocycles. The number of benzene rings is 1. The Bertz CT molecular complexity index is 1110. The lowest BCUT2D eigenvalue weighted by Gasteiger charge is -2.12. The zero-order chi connectivity index (χ0) is 17.6. The standard InChI is InChI=1S/C18H16N2O3S2/c1-23-17(22)14-11-7-3-5-9-13(11)25-16(14)20-15(21)10-6-2-4-8-12(10)19-18(20)24/h2,4,6,8H,3,5,7,9H2,1H3,(H,19,24). The molecular weight excluding hydrogens is 356 g/mol. The summed E-state index contributed by atoms with van der Waals surface area (Å²) in [4.78, 5) is 29.8. The van der Waals surface area contributed by atoms with Crippen molar-refractivity contribution in [2.24, 2.45) is 0 Å². The van der Waals surface area contributed by atoms with E-state index < -0.39 is 5.97 Å². The normalized spacial score (nSPS) is 13.6. The van der Waals surface area contributed by atoms with Crippen molar-refractivity contribution >= 4 is 40.4 Å². The predicted octanol–water partition coefficient (Wildman–Crippen LogP) is 3.78. The van der Waals surface area contributed by atoms with E-state index in [1.54, 1.807) is 6.07 Å². The van der Waals surface area contributed by atoms with Crippen LogP contribution in [-0.4, -0.2) is 22.6 Å². The summed E-state index contributed by atoms with van der Waals surface area (Å²) in [6.45, 7) is 0. The molecule has 1 N–H and O–H groups in total. The molecule has 0 atom stereocenters. The van der Waals surface area contributed by atoms with E-state index >= 15 is 0 Å². The van der Waals surface area contributed by atoms with Crippen molar-refractivity contribution < 1.29 is 9.53 Å². The van der Waals surface area contributed by atoms with E-state index in [0.717, 1.165) is 36.1 Å². The predicted molar refractivity (Wildman–Crippen MR) is 101 cm³/mol. The van der Waals surface area contributed by atoms with Crippen LogP contribution in [0.3, 0.4) is 0 Å². The van der Waals surface area contributed by atoms with Crippen LogP contribution in [0, 0.1) is 4.77 Å². The SMILES string of the molecule is COC(=O)c1c(-n2c(=S)[nH]c3ccccc3c2=O)sc2c1CCCC2.